The molecule has 0 N–H and O–H groups in total. The predicted octanol–water partition coefficient (Wildman–Crippen LogP) is 2.68. The van der Waals surface area contributed by atoms with Crippen molar-refractivity contribution in [2.75, 3.05) is 18.6 Å². The van der Waals surface area contributed by atoms with Gasteiger partial charge in [-0.2, -0.15) is 0 Å². The predicted molar refractivity (Wildman–Crippen MR) is 101 cm³/mol. The summed E-state index contributed by atoms with van der Waals surface area (Å²) in [6.45, 7) is 2.40. The molecule has 6 nitrogen and oxygen atoms in total. The molecule has 2 aromatic heterocycles. The van der Waals surface area contributed by atoms with Gasteiger partial charge in [-0.3, -0.25) is 9.59 Å². The van der Waals surface area contributed by atoms with Gasteiger partial charge in [0.15, 0.2) is 6.61 Å². The Morgan fingerprint density at radius 2 is 2.08 bits per heavy atom. The van der Waals surface area contributed by atoms with Crippen LogP contribution in [0.3, 0.4) is 0 Å². The molecule has 7 heteroatoms. The number of benzene rings is 1. The molecule has 0 atom stereocenters. The molecule has 0 spiro atoms. The highest BCUT2D eigenvalue weighted by atomic mass is 32.1. The van der Waals surface area contributed by atoms with Gasteiger partial charge in [-0.25, -0.2) is 4.98 Å². The van der Waals surface area contributed by atoms with Gasteiger partial charge in [-0.1, -0.05) is 0 Å². The van der Waals surface area contributed by atoms with Crippen molar-refractivity contribution in [2.45, 2.75) is 13.5 Å². The molecule has 4 rings (SSSR count). The van der Waals surface area contributed by atoms with Crippen LogP contribution in [0.4, 0.5) is 5.69 Å². The van der Waals surface area contributed by atoms with Gasteiger partial charge in [-0.05, 0) is 36.8 Å². The lowest BCUT2D eigenvalue weighted by Gasteiger charge is -2.26. The highest BCUT2D eigenvalue weighted by Crippen LogP contribution is 2.35. The van der Waals surface area contributed by atoms with Crippen LogP contribution in [0.2, 0.25) is 0 Å². The van der Waals surface area contributed by atoms with E-state index < -0.39 is 0 Å². The maximum atomic E-state index is 12.0. The number of ether oxygens (including phenoxy) is 1. The number of anilines is 1. The number of likely N-dealkylation sites (N-methyl/N-ethyl adjacent to an activating group) is 1. The maximum Gasteiger partial charge on any atom is 0.264 e. The van der Waals surface area contributed by atoms with Crippen LogP contribution >= 0.6 is 11.3 Å². The number of thiazole rings is 1. The summed E-state index contributed by atoms with van der Waals surface area (Å²) in [5.74, 6) is 0.616. The van der Waals surface area contributed by atoms with E-state index in [0.29, 0.717) is 12.3 Å². The van der Waals surface area contributed by atoms with Gasteiger partial charge in [0.1, 0.15) is 10.8 Å². The molecule has 132 valence electrons. The summed E-state index contributed by atoms with van der Waals surface area (Å²) in [6, 6.07) is 9.22. The second-order valence-corrected chi connectivity index (χ2v) is 7.16. The van der Waals surface area contributed by atoms with E-state index in [2.05, 4.69) is 4.98 Å². The topological polar surface area (TPSA) is 64.4 Å². The Labute approximate surface area is 154 Å². The highest BCUT2D eigenvalue weighted by molar-refractivity contribution is 7.09. The molecule has 1 aromatic carbocycles. The summed E-state index contributed by atoms with van der Waals surface area (Å²) in [5.41, 5.74) is 3.38. The second-order valence-electron chi connectivity index (χ2n) is 6.22. The molecular formula is C19H17N3O3S. The van der Waals surface area contributed by atoms with E-state index in [-0.39, 0.29) is 18.1 Å². The molecule has 1 aliphatic rings. The Morgan fingerprint density at radius 1 is 1.23 bits per heavy atom. The minimum atomic E-state index is -0.0765. The van der Waals surface area contributed by atoms with Gasteiger partial charge >= 0.3 is 0 Å². The van der Waals surface area contributed by atoms with Gasteiger partial charge in [0.25, 0.3) is 11.5 Å². The van der Waals surface area contributed by atoms with Crippen LogP contribution in [-0.4, -0.2) is 29.1 Å². The SMILES string of the molecule is Cc1ccn(Cc2nc(-c3ccc4c(c3)N(C)C(=O)CO4)cs2)c(=O)c1. The Balaban J connectivity index is 1.62. The van der Waals surface area contributed by atoms with Gasteiger partial charge in [0.2, 0.25) is 0 Å². The minimum Gasteiger partial charge on any atom is -0.482 e. The third-order valence-electron chi connectivity index (χ3n) is 4.35. The zero-order valence-corrected chi connectivity index (χ0v) is 15.2. The number of aryl methyl sites for hydroxylation is 1. The van der Waals surface area contributed by atoms with Crippen molar-refractivity contribution >= 4 is 22.9 Å². The number of pyridine rings is 1. The van der Waals surface area contributed by atoms with E-state index in [9.17, 15) is 9.59 Å². The minimum absolute atomic E-state index is 0.0344. The Kier molecular flexibility index (Phi) is 4.08. The summed E-state index contributed by atoms with van der Waals surface area (Å²) in [5, 5.41) is 2.81. The monoisotopic (exact) mass is 367 g/mol. The fourth-order valence-electron chi connectivity index (χ4n) is 2.83. The lowest BCUT2D eigenvalue weighted by atomic mass is 10.1. The molecule has 3 heterocycles. The first-order valence-electron chi connectivity index (χ1n) is 8.16. The molecule has 0 saturated heterocycles. The summed E-state index contributed by atoms with van der Waals surface area (Å²) in [6.07, 6.45) is 1.79. The first-order valence-corrected chi connectivity index (χ1v) is 9.04. The number of fused-ring (bicyclic) bond motifs is 1. The summed E-state index contributed by atoms with van der Waals surface area (Å²) < 4.78 is 7.10. The van der Waals surface area contributed by atoms with Gasteiger partial charge in [0, 0.05) is 30.3 Å². The van der Waals surface area contributed by atoms with Crippen molar-refractivity contribution in [3.8, 4) is 17.0 Å². The highest BCUT2D eigenvalue weighted by Gasteiger charge is 2.22. The Morgan fingerprint density at radius 3 is 2.88 bits per heavy atom. The fourth-order valence-corrected chi connectivity index (χ4v) is 3.63. The quantitative estimate of drug-likeness (QED) is 0.714. The van der Waals surface area contributed by atoms with Crippen molar-refractivity contribution in [2.24, 2.45) is 0 Å². The van der Waals surface area contributed by atoms with Crippen LogP contribution in [-0.2, 0) is 11.3 Å². The second kappa shape index (κ2) is 6.42. The van der Waals surface area contributed by atoms with E-state index in [1.807, 2.05) is 36.6 Å². The summed E-state index contributed by atoms with van der Waals surface area (Å²) in [7, 11) is 1.74. The van der Waals surface area contributed by atoms with Crippen molar-refractivity contribution in [1.82, 2.24) is 9.55 Å². The Hall–Kier alpha value is -2.93. The molecule has 0 aliphatic carbocycles. The molecule has 0 saturated carbocycles. The molecule has 3 aromatic rings. The number of nitrogens with zero attached hydrogens (tertiary/aromatic N) is 3. The molecule has 0 radical (unpaired) electrons. The molecule has 0 unspecified atom stereocenters. The zero-order chi connectivity index (χ0) is 18.3. The maximum absolute atomic E-state index is 12.0. The van der Waals surface area contributed by atoms with Crippen molar-refractivity contribution < 1.29 is 9.53 Å². The lowest BCUT2D eigenvalue weighted by molar-refractivity contribution is -0.120. The normalized spacial score (nSPS) is 13.5. The van der Waals surface area contributed by atoms with Gasteiger partial charge < -0.3 is 14.2 Å². The van der Waals surface area contributed by atoms with Crippen molar-refractivity contribution in [3.63, 3.8) is 0 Å². The van der Waals surface area contributed by atoms with Crippen LogP contribution in [0.1, 0.15) is 10.6 Å². The number of hydrogen-bond acceptors (Lipinski definition) is 5. The van der Waals surface area contributed by atoms with Crippen LogP contribution in [0.25, 0.3) is 11.3 Å². The average molecular weight is 367 g/mol. The van der Waals surface area contributed by atoms with Crippen LogP contribution in [0.15, 0.2) is 46.7 Å². The number of carbonyl (C=O) groups excluding carboxylic acids is 1. The molecular weight excluding hydrogens is 350 g/mol. The first kappa shape index (κ1) is 16.5. The number of rotatable bonds is 3. The molecule has 0 fully saturated rings. The van der Waals surface area contributed by atoms with E-state index in [4.69, 9.17) is 4.74 Å². The van der Waals surface area contributed by atoms with E-state index in [0.717, 1.165) is 27.5 Å². The third-order valence-corrected chi connectivity index (χ3v) is 5.18. The largest absolute Gasteiger partial charge is 0.482 e. The Bertz CT molecular complexity index is 1050. The summed E-state index contributed by atoms with van der Waals surface area (Å²) >= 11 is 1.51. The molecule has 0 bridgehead atoms. The number of aromatic nitrogens is 2. The third kappa shape index (κ3) is 3.01. The van der Waals surface area contributed by atoms with Crippen LogP contribution < -0.4 is 15.2 Å². The molecule has 26 heavy (non-hydrogen) atoms. The smallest absolute Gasteiger partial charge is 0.264 e. The van der Waals surface area contributed by atoms with E-state index in [1.165, 1.54) is 11.3 Å². The zero-order valence-electron chi connectivity index (χ0n) is 14.4. The van der Waals surface area contributed by atoms with Crippen molar-refractivity contribution in [3.05, 3.63) is 62.8 Å². The van der Waals surface area contributed by atoms with Gasteiger partial charge in [-0.15, -0.1) is 11.3 Å². The van der Waals surface area contributed by atoms with Crippen LogP contribution in [0.5, 0.6) is 5.75 Å². The summed E-state index contributed by atoms with van der Waals surface area (Å²) in [4.78, 5) is 30.1. The standard InChI is InChI=1S/C19H17N3O3S/c1-12-5-6-22(18(23)7-12)9-17-20-14(11-26-17)13-3-4-16-15(8-13)21(2)19(24)10-25-16/h3-8,11H,9-10H2,1-2H3. The van der Waals surface area contributed by atoms with E-state index >= 15 is 0 Å². The molecule has 1 aliphatic heterocycles. The van der Waals surface area contributed by atoms with Gasteiger partial charge in [0.05, 0.1) is 17.9 Å². The van der Waals surface area contributed by atoms with Crippen molar-refractivity contribution in [1.29, 1.82) is 0 Å². The van der Waals surface area contributed by atoms with Crippen LogP contribution in [0, 0.1) is 6.92 Å². The molecule has 1 amide bonds. The fraction of sp³-hybridized carbons (Fsp3) is 0.211. The average Bonchev–Trinajstić information content (AvgIpc) is 3.09. The number of hydrogen-bond donors (Lipinski definition) is 0. The first-order chi connectivity index (χ1) is 12.5. The lowest BCUT2D eigenvalue weighted by Crippen LogP contribution is -2.35. The number of carbonyl (C=O) groups is 1. The number of amides is 1. The van der Waals surface area contributed by atoms with E-state index in [1.54, 1.807) is 28.8 Å².